The number of benzene rings is 4. The van der Waals surface area contributed by atoms with Gasteiger partial charge < -0.3 is 18.9 Å². The standard InChI is InChI=1S/C11H12F4O.C11H15NO3.C11H16O.C10H14O.C9H15NO5S.C9H15NO2.C5H12.C2H6/c1-5-6(12)8(14)10(9(15)7(5)13)16-11(2,3)4;1-8-5-6-10(15-11(2,3)4)9(7-8)12(13)14;1-9-5-7-10(8-6-9)12-11(2,3)4;1-10(2,3)11-9-7-5-4-6-8-9;1-9(2,3)15-10-7(11)5-6(8(10)12)16(4,13)14;1-7-5-6-8(11)10(7)12-9(2,3)4;1-5(2,3)4;1-2/h1-4H3;5-7H,1-4H3;5-8H,1-4H3;4-8H,1-3H3;6H,5H2,1-4H3;1,5-6H2,2-4H3;1-4H3;1-2H3. The molecule has 6 rings (SSSR count). The Kier molecular flexibility index (Phi) is 33.4. The summed E-state index contributed by atoms with van der Waals surface area (Å²) >= 11 is 0. The van der Waals surface area contributed by atoms with Crippen molar-refractivity contribution in [2.24, 2.45) is 5.41 Å². The summed E-state index contributed by atoms with van der Waals surface area (Å²) in [6.45, 7) is 54.5. The first-order valence-corrected chi connectivity index (χ1v) is 31.3. The van der Waals surface area contributed by atoms with E-state index in [4.69, 9.17) is 28.6 Å². The number of imide groups is 1. The van der Waals surface area contributed by atoms with Gasteiger partial charge in [0.25, 0.3) is 17.7 Å². The fraction of sp³-hybridized carbons (Fsp3) is 0.574. The molecule has 0 N–H and O–H groups in total. The molecule has 0 aliphatic carbocycles. The van der Waals surface area contributed by atoms with Gasteiger partial charge in [0.05, 0.1) is 22.5 Å². The maximum atomic E-state index is 13.3. The van der Waals surface area contributed by atoms with Crippen LogP contribution in [0.4, 0.5) is 23.2 Å². The van der Waals surface area contributed by atoms with E-state index in [9.17, 15) is 50.5 Å². The highest BCUT2D eigenvalue weighted by atomic mass is 32.2. The Morgan fingerprint density at radius 1 is 0.528 bits per heavy atom. The van der Waals surface area contributed by atoms with E-state index in [1.54, 1.807) is 32.9 Å². The minimum absolute atomic E-state index is 0.00919. The quantitative estimate of drug-likeness (QED) is 0.0533. The lowest BCUT2D eigenvalue weighted by atomic mass is 10.0. The highest BCUT2D eigenvalue weighted by Gasteiger charge is 2.47. The van der Waals surface area contributed by atoms with Gasteiger partial charge in [0.2, 0.25) is 11.6 Å². The third-order valence-electron chi connectivity index (χ3n) is 9.64. The molecule has 2 fully saturated rings. The summed E-state index contributed by atoms with van der Waals surface area (Å²) in [5.74, 6) is -6.12. The van der Waals surface area contributed by atoms with E-state index < -0.39 is 83.2 Å². The van der Waals surface area contributed by atoms with Gasteiger partial charge in [-0.25, -0.2) is 17.2 Å². The van der Waals surface area contributed by atoms with E-state index in [2.05, 4.69) is 53.3 Å². The number of para-hydroxylation sites is 1. The van der Waals surface area contributed by atoms with Crippen LogP contribution in [0.1, 0.15) is 202 Å². The fourth-order valence-electron chi connectivity index (χ4n) is 6.41. The number of nitro benzene ring substituents is 1. The average molecular weight is 1280 g/mol. The van der Waals surface area contributed by atoms with Crippen LogP contribution in [0.5, 0.6) is 23.0 Å². The predicted molar refractivity (Wildman–Crippen MR) is 346 cm³/mol. The molecule has 4 aromatic rings. The van der Waals surface area contributed by atoms with Gasteiger partial charge in [0.15, 0.2) is 38.2 Å². The minimum Gasteiger partial charge on any atom is -0.488 e. The first-order chi connectivity index (χ1) is 39.9. The second-order valence-electron chi connectivity index (χ2n) is 28.1. The number of carbonyl (C=O) groups is 3. The summed E-state index contributed by atoms with van der Waals surface area (Å²) in [4.78, 5) is 55.2. The van der Waals surface area contributed by atoms with Crippen LogP contribution >= 0.6 is 0 Å². The van der Waals surface area contributed by atoms with Gasteiger partial charge in [0, 0.05) is 30.0 Å². The van der Waals surface area contributed by atoms with Crippen molar-refractivity contribution in [3.05, 3.63) is 135 Å². The number of nitro groups is 1. The third kappa shape index (κ3) is 37.2. The van der Waals surface area contributed by atoms with Crippen molar-refractivity contribution in [1.82, 2.24) is 10.1 Å². The first kappa shape index (κ1) is 84.5. The van der Waals surface area contributed by atoms with Gasteiger partial charge in [-0.1, -0.05) is 90.1 Å². The van der Waals surface area contributed by atoms with Crippen LogP contribution in [0.2, 0.25) is 0 Å². The van der Waals surface area contributed by atoms with Crippen LogP contribution in [0.15, 0.2) is 85.1 Å². The molecule has 4 aromatic carbocycles. The number of sulfone groups is 1. The minimum atomic E-state index is -3.57. The fourth-order valence-corrected chi connectivity index (χ4v) is 7.32. The van der Waals surface area contributed by atoms with Crippen LogP contribution in [0, 0.1) is 59.6 Å². The molecule has 89 heavy (non-hydrogen) atoms. The molecule has 0 aromatic heterocycles. The van der Waals surface area contributed by atoms with Crippen molar-refractivity contribution in [3.63, 3.8) is 0 Å². The summed E-state index contributed by atoms with van der Waals surface area (Å²) in [5.41, 5.74) is 0.0583. The topological polar surface area (TPSA) is 190 Å². The van der Waals surface area contributed by atoms with E-state index in [0.717, 1.165) is 42.4 Å². The molecule has 2 aliphatic rings. The number of amides is 3. The van der Waals surface area contributed by atoms with Gasteiger partial charge in [0.1, 0.15) is 33.9 Å². The number of aryl methyl sites for hydroxylation is 2. The lowest BCUT2D eigenvalue weighted by Gasteiger charge is -2.26. The number of nitrogens with zero attached hydrogens (tertiary/aromatic N) is 3. The molecule has 3 amide bonds. The molecule has 0 bridgehead atoms. The van der Waals surface area contributed by atoms with Crippen LogP contribution in [-0.2, 0) is 33.9 Å². The van der Waals surface area contributed by atoms with E-state index in [1.807, 2.05) is 146 Å². The summed E-state index contributed by atoms with van der Waals surface area (Å²) in [6, 6.07) is 22.9. The lowest BCUT2D eigenvalue weighted by Crippen LogP contribution is -2.40. The third-order valence-corrected chi connectivity index (χ3v) is 11.0. The molecule has 1 unspecified atom stereocenters. The molecule has 2 heterocycles. The number of rotatable bonds is 8. The Bertz CT molecular complexity index is 2970. The monoisotopic (exact) mass is 1280 g/mol. The van der Waals surface area contributed by atoms with Crippen molar-refractivity contribution in [2.45, 2.75) is 245 Å². The smallest absolute Gasteiger partial charge is 0.311 e. The summed E-state index contributed by atoms with van der Waals surface area (Å²) < 4.78 is 97.1. The van der Waals surface area contributed by atoms with Crippen LogP contribution < -0.4 is 18.9 Å². The molecule has 2 aliphatic heterocycles. The maximum Gasteiger partial charge on any atom is 0.311 e. The van der Waals surface area contributed by atoms with Gasteiger partial charge in [-0.05, 0) is 193 Å². The van der Waals surface area contributed by atoms with Gasteiger partial charge >= 0.3 is 5.69 Å². The van der Waals surface area contributed by atoms with Crippen LogP contribution in [0.3, 0.4) is 0 Å². The number of ether oxygens (including phenoxy) is 4. The van der Waals surface area contributed by atoms with E-state index >= 15 is 0 Å². The molecular formula is C68H105F4N3O13S. The molecule has 0 spiro atoms. The number of carbonyl (C=O) groups excluding carboxylic acids is 3. The summed E-state index contributed by atoms with van der Waals surface area (Å²) in [6.07, 6.45) is 1.83. The van der Waals surface area contributed by atoms with Crippen molar-refractivity contribution < 1.29 is 73.9 Å². The second kappa shape index (κ2) is 35.1. The molecular weight excluding hydrogens is 1170 g/mol. The van der Waals surface area contributed by atoms with Gasteiger partial charge in [-0.2, -0.15) is 18.9 Å². The van der Waals surface area contributed by atoms with E-state index in [0.29, 0.717) is 22.6 Å². The highest BCUT2D eigenvalue weighted by Crippen LogP contribution is 2.33. The Morgan fingerprint density at radius 2 is 0.910 bits per heavy atom. The van der Waals surface area contributed by atoms with Crippen molar-refractivity contribution in [2.75, 3.05) is 6.26 Å². The van der Waals surface area contributed by atoms with Crippen molar-refractivity contribution in [1.29, 1.82) is 0 Å². The zero-order valence-electron chi connectivity index (χ0n) is 58.4. The van der Waals surface area contributed by atoms with E-state index in [-0.39, 0.29) is 34.8 Å². The Morgan fingerprint density at radius 3 is 1.25 bits per heavy atom. The lowest BCUT2D eigenvalue weighted by molar-refractivity contribution is -0.386. The normalized spacial score (nSPS) is 14.4. The molecule has 21 heteroatoms. The van der Waals surface area contributed by atoms with Crippen molar-refractivity contribution >= 4 is 33.2 Å². The van der Waals surface area contributed by atoms with Crippen molar-refractivity contribution in [3.8, 4) is 23.0 Å². The Labute approximate surface area is 530 Å². The zero-order chi connectivity index (χ0) is 70.4. The van der Waals surface area contributed by atoms with Crippen LogP contribution in [-0.4, -0.2) is 86.3 Å². The molecule has 0 saturated carbocycles. The summed E-state index contributed by atoms with van der Waals surface area (Å²) in [5, 5.41) is 11.4. The maximum absolute atomic E-state index is 13.3. The van der Waals surface area contributed by atoms with E-state index in [1.165, 1.54) is 37.5 Å². The summed E-state index contributed by atoms with van der Waals surface area (Å²) in [7, 11) is -3.57. The SMILES string of the molecule is C=C1CCC(=O)N1OC(C)(C)C.CC.CC(C)(C)C.CC(C)(C)ON1C(=O)CC(S(C)(=O)=O)C1=O.CC(C)(C)Oc1ccccc1.Cc1c(F)c(F)c(OC(C)(C)C)c(F)c1F.Cc1ccc(OC(C)(C)C)c([N+](=O)[O-])c1.Cc1ccc(OC(C)(C)C)cc1. The Hall–Kier alpha value is -6.58. The first-order valence-electron chi connectivity index (χ1n) is 29.3. The molecule has 504 valence electrons. The number of hydroxylamine groups is 4. The number of allylic oxidation sites excluding steroid dienone is 1. The van der Waals surface area contributed by atoms with Gasteiger partial charge in [-0.3, -0.25) is 34.2 Å². The molecule has 16 nitrogen and oxygen atoms in total. The highest BCUT2D eigenvalue weighted by molar-refractivity contribution is 7.92. The number of hydrogen-bond acceptors (Lipinski definition) is 13. The zero-order valence-corrected chi connectivity index (χ0v) is 59.2. The largest absolute Gasteiger partial charge is 0.488 e. The number of halogens is 4. The predicted octanol–water partition coefficient (Wildman–Crippen LogP) is 17.7. The molecule has 2 saturated heterocycles. The molecule has 1 atom stereocenters. The second-order valence-corrected chi connectivity index (χ2v) is 30.4. The molecule has 0 radical (unpaired) electrons. The van der Waals surface area contributed by atoms with Crippen LogP contribution in [0.25, 0.3) is 0 Å². The Balaban J connectivity index is 0. The number of hydrogen-bond donors (Lipinski definition) is 0. The van der Waals surface area contributed by atoms with Gasteiger partial charge in [-0.15, -0.1) is 0 Å². The average Bonchev–Trinajstić information content (AvgIpc) is 4.09.